The van der Waals surface area contributed by atoms with Gasteiger partial charge >= 0.3 is 0 Å². The molecule has 2 rings (SSSR count). The van der Waals surface area contributed by atoms with Crippen molar-refractivity contribution >= 4 is 18.3 Å². The first kappa shape index (κ1) is 34.2. The second-order valence-electron chi connectivity index (χ2n) is 8.96. The maximum Gasteiger partial charge on any atom is 0.249 e. The minimum atomic E-state index is -1.70. The maximum atomic E-state index is 12.4. The van der Waals surface area contributed by atoms with Crippen LogP contribution in [0.2, 0.25) is 0 Å². The molecule has 2 fully saturated rings. The predicted octanol–water partition coefficient (Wildman–Crippen LogP) is -6.48. The maximum absolute atomic E-state index is 12.4. The Labute approximate surface area is 220 Å². The smallest absolute Gasteiger partial charge is 0.249 e. The number of nitrogens with two attached hydrogens (primary N) is 4. The van der Waals surface area contributed by atoms with E-state index in [-0.39, 0.29) is 44.9 Å². The molecular formula is C20H42ClN5O11. The zero-order chi connectivity index (χ0) is 27.2. The van der Waals surface area contributed by atoms with Gasteiger partial charge in [-0.2, -0.15) is 0 Å². The number of amides is 1. The van der Waals surface area contributed by atoms with Gasteiger partial charge in [0.2, 0.25) is 5.91 Å². The Balaban J connectivity index is 0.00000684. The van der Waals surface area contributed by atoms with Gasteiger partial charge in [0, 0.05) is 26.2 Å². The van der Waals surface area contributed by atoms with E-state index in [0.717, 1.165) is 0 Å². The van der Waals surface area contributed by atoms with Crippen LogP contribution in [0.3, 0.4) is 0 Å². The van der Waals surface area contributed by atoms with E-state index in [4.69, 9.17) is 41.9 Å². The standard InChI is InChI=1S/C20H41N5O11.ClH/c1-33-19(10(27)5-22)36-17-8(25-18(32)9(26)2-3-21)4-7(24)16(15(17)31)35-20-14(30)13(29)12(28)11(6-23)34-20;/h7-17,19-20,26-31H,2-6,21-24H2,1H3,(H,25,32);1H/t7-,8+,9+,10-,11+,12+,13-,14+,15-,16+,17-,19+,20+;/m0./s1. The van der Waals surface area contributed by atoms with E-state index in [0.29, 0.717) is 0 Å². The molecule has 1 amide bonds. The van der Waals surface area contributed by atoms with Crippen LogP contribution in [0.25, 0.3) is 0 Å². The first-order valence-electron chi connectivity index (χ1n) is 11.7. The molecule has 0 aromatic carbocycles. The number of methoxy groups -OCH3 is 1. The fourth-order valence-electron chi connectivity index (χ4n) is 4.25. The number of nitrogens with one attached hydrogen (secondary N) is 1. The van der Waals surface area contributed by atoms with E-state index in [1.807, 2.05) is 0 Å². The van der Waals surface area contributed by atoms with Crippen LogP contribution < -0.4 is 28.3 Å². The highest BCUT2D eigenvalue weighted by molar-refractivity contribution is 5.85. The fraction of sp³-hybridized carbons (Fsp3) is 0.950. The highest BCUT2D eigenvalue weighted by Gasteiger charge is 2.50. The lowest BCUT2D eigenvalue weighted by Crippen LogP contribution is -2.68. The van der Waals surface area contributed by atoms with Crippen molar-refractivity contribution in [1.82, 2.24) is 5.32 Å². The normalized spacial score (nSPS) is 38.8. The van der Waals surface area contributed by atoms with Crippen LogP contribution in [0.15, 0.2) is 0 Å². The van der Waals surface area contributed by atoms with Gasteiger partial charge in [-0.1, -0.05) is 0 Å². The number of hydrogen-bond acceptors (Lipinski definition) is 15. The molecule has 13 atom stereocenters. The van der Waals surface area contributed by atoms with Gasteiger partial charge in [0.1, 0.15) is 54.9 Å². The first-order valence-corrected chi connectivity index (χ1v) is 11.7. The van der Waals surface area contributed by atoms with Crippen LogP contribution in [0.5, 0.6) is 0 Å². The van der Waals surface area contributed by atoms with E-state index in [9.17, 15) is 35.4 Å². The van der Waals surface area contributed by atoms with Crippen molar-refractivity contribution in [2.75, 3.05) is 26.7 Å². The topological polar surface area (TPSA) is 291 Å². The molecule has 220 valence electrons. The summed E-state index contributed by atoms with van der Waals surface area (Å²) in [5.74, 6) is -0.778. The van der Waals surface area contributed by atoms with Crippen molar-refractivity contribution in [1.29, 1.82) is 0 Å². The van der Waals surface area contributed by atoms with Crippen molar-refractivity contribution in [3.8, 4) is 0 Å². The lowest BCUT2D eigenvalue weighted by atomic mass is 9.83. The lowest BCUT2D eigenvalue weighted by Gasteiger charge is -2.47. The van der Waals surface area contributed by atoms with Crippen molar-refractivity contribution in [2.45, 2.75) is 92.4 Å². The van der Waals surface area contributed by atoms with Gasteiger partial charge in [0.15, 0.2) is 12.6 Å². The van der Waals surface area contributed by atoms with E-state index >= 15 is 0 Å². The summed E-state index contributed by atoms with van der Waals surface area (Å²) in [4.78, 5) is 12.4. The molecule has 0 spiro atoms. The molecule has 1 heterocycles. The summed E-state index contributed by atoms with van der Waals surface area (Å²) in [6.07, 6.45) is -15.6. The molecule has 2 aliphatic rings. The second-order valence-corrected chi connectivity index (χ2v) is 8.96. The molecule has 0 aromatic rings. The van der Waals surface area contributed by atoms with E-state index in [1.165, 1.54) is 7.11 Å². The molecule has 1 saturated heterocycles. The molecule has 0 bridgehead atoms. The quantitative estimate of drug-likeness (QED) is 0.0983. The van der Waals surface area contributed by atoms with Gasteiger partial charge in [0.25, 0.3) is 0 Å². The molecule has 17 heteroatoms. The number of halogens is 1. The number of carbonyl (C=O) groups is 1. The predicted molar refractivity (Wildman–Crippen MR) is 129 cm³/mol. The molecule has 0 aromatic heterocycles. The summed E-state index contributed by atoms with van der Waals surface area (Å²) in [5, 5.41) is 64.3. The van der Waals surface area contributed by atoms with Crippen LogP contribution in [0.4, 0.5) is 0 Å². The molecule has 0 unspecified atom stereocenters. The van der Waals surface area contributed by atoms with Gasteiger partial charge in [-0.3, -0.25) is 4.79 Å². The third-order valence-electron chi connectivity index (χ3n) is 6.36. The fourth-order valence-corrected chi connectivity index (χ4v) is 4.25. The Hall–Kier alpha value is -0.800. The Morgan fingerprint density at radius 2 is 1.70 bits per heavy atom. The van der Waals surface area contributed by atoms with Gasteiger partial charge in [-0.25, -0.2) is 0 Å². The average Bonchev–Trinajstić information content (AvgIpc) is 2.85. The van der Waals surface area contributed by atoms with Crippen LogP contribution in [0, 0.1) is 0 Å². The summed E-state index contributed by atoms with van der Waals surface area (Å²) < 4.78 is 22.1. The highest BCUT2D eigenvalue weighted by Crippen LogP contribution is 2.30. The number of carbonyl (C=O) groups excluding carboxylic acids is 1. The van der Waals surface area contributed by atoms with Crippen molar-refractivity contribution in [2.24, 2.45) is 22.9 Å². The largest absolute Gasteiger partial charge is 0.388 e. The number of ether oxygens (including phenoxy) is 4. The molecule has 1 saturated carbocycles. The van der Waals surface area contributed by atoms with Crippen LogP contribution >= 0.6 is 12.4 Å². The number of aliphatic hydroxyl groups is 6. The third-order valence-corrected chi connectivity index (χ3v) is 6.36. The number of aliphatic hydroxyl groups excluding tert-OH is 6. The van der Waals surface area contributed by atoms with Gasteiger partial charge in [-0.15, -0.1) is 12.4 Å². The first-order chi connectivity index (χ1) is 17.0. The lowest BCUT2D eigenvalue weighted by molar-refractivity contribution is -0.324. The van der Waals surface area contributed by atoms with E-state index in [1.54, 1.807) is 0 Å². The van der Waals surface area contributed by atoms with Crippen LogP contribution in [-0.4, -0.2) is 143 Å². The SMILES string of the molecule is CO[C@H](O[C@@H]1[C@@H](O)[C@H](O[C@H]2O[C@H](CN)[C@@H](O)[C@H](O)[C@H]2O)[C@@H](N)C[C@H]1NC(=O)[C@H](O)CCN)[C@@H](O)CN.Cl. The molecule has 16 nitrogen and oxygen atoms in total. The highest BCUT2D eigenvalue weighted by atomic mass is 35.5. The summed E-state index contributed by atoms with van der Waals surface area (Å²) in [5.41, 5.74) is 22.7. The van der Waals surface area contributed by atoms with E-state index < -0.39 is 85.5 Å². The molecule has 1 aliphatic carbocycles. The van der Waals surface area contributed by atoms with Crippen molar-refractivity contribution < 1.29 is 54.4 Å². The third kappa shape index (κ3) is 8.34. The average molecular weight is 564 g/mol. The number of hydrogen-bond donors (Lipinski definition) is 11. The zero-order valence-corrected chi connectivity index (χ0v) is 21.3. The Morgan fingerprint density at radius 3 is 2.24 bits per heavy atom. The minimum absolute atomic E-state index is 0. The van der Waals surface area contributed by atoms with Gasteiger partial charge in [0.05, 0.1) is 6.04 Å². The molecular weight excluding hydrogens is 522 g/mol. The Kier molecular flexibility index (Phi) is 14.5. The van der Waals surface area contributed by atoms with Gasteiger partial charge < -0.3 is 77.8 Å². The molecule has 1 aliphatic heterocycles. The Morgan fingerprint density at radius 1 is 1.05 bits per heavy atom. The van der Waals surface area contributed by atoms with Crippen LogP contribution in [0.1, 0.15) is 12.8 Å². The van der Waals surface area contributed by atoms with Crippen LogP contribution in [-0.2, 0) is 23.7 Å². The summed E-state index contributed by atoms with van der Waals surface area (Å²) in [6, 6.07) is -1.94. The summed E-state index contributed by atoms with van der Waals surface area (Å²) in [7, 11) is 1.24. The monoisotopic (exact) mass is 563 g/mol. The summed E-state index contributed by atoms with van der Waals surface area (Å²) >= 11 is 0. The van der Waals surface area contributed by atoms with Crippen molar-refractivity contribution in [3.05, 3.63) is 0 Å². The van der Waals surface area contributed by atoms with E-state index in [2.05, 4.69) is 5.32 Å². The molecule has 15 N–H and O–H groups in total. The molecule has 0 radical (unpaired) electrons. The number of rotatable bonds is 12. The molecule has 37 heavy (non-hydrogen) atoms. The van der Waals surface area contributed by atoms with Gasteiger partial charge in [-0.05, 0) is 19.4 Å². The minimum Gasteiger partial charge on any atom is -0.388 e. The summed E-state index contributed by atoms with van der Waals surface area (Å²) in [6.45, 7) is -0.378. The van der Waals surface area contributed by atoms with Crippen molar-refractivity contribution in [3.63, 3.8) is 0 Å². The zero-order valence-electron chi connectivity index (χ0n) is 20.5. The second kappa shape index (κ2) is 15.7. The Bertz CT molecular complexity index is 687.